The lowest BCUT2D eigenvalue weighted by Crippen LogP contribution is -2.21. The van der Waals surface area contributed by atoms with Crippen molar-refractivity contribution in [3.8, 4) is 0 Å². The third-order valence-electron chi connectivity index (χ3n) is 3.87. The van der Waals surface area contributed by atoms with Crippen molar-refractivity contribution in [1.29, 1.82) is 0 Å². The SMILES string of the molecule is Clc1cc(C2CCCC2)nc(N2CCCC2)n1. The van der Waals surface area contributed by atoms with E-state index in [0.717, 1.165) is 24.7 Å². The van der Waals surface area contributed by atoms with Crippen LogP contribution in [0.5, 0.6) is 0 Å². The maximum Gasteiger partial charge on any atom is 0.226 e. The van der Waals surface area contributed by atoms with Gasteiger partial charge in [0.15, 0.2) is 0 Å². The van der Waals surface area contributed by atoms with Crippen LogP contribution in [-0.2, 0) is 0 Å². The fourth-order valence-electron chi connectivity index (χ4n) is 2.91. The van der Waals surface area contributed by atoms with Crippen LogP contribution in [-0.4, -0.2) is 23.1 Å². The van der Waals surface area contributed by atoms with E-state index in [1.165, 1.54) is 38.5 Å². The van der Waals surface area contributed by atoms with Gasteiger partial charge in [0.05, 0.1) is 5.69 Å². The van der Waals surface area contributed by atoms with Gasteiger partial charge in [-0.2, -0.15) is 0 Å². The first-order valence-electron chi connectivity index (χ1n) is 6.62. The molecule has 0 amide bonds. The zero-order valence-corrected chi connectivity index (χ0v) is 10.8. The molecule has 3 rings (SSSR count). The van der Waals surface area contributed by atoms with E-state index < -0.39 is 0 Å². The quantitative estimate of drug-likeness (QED) is 0.755. The van der Waals surface area contributed by atoms with Crippen LogP contribution < -0.4 is 4.90 Å². The largest absolute Gasteiger partial charge is 0.341 e. The molecule has 0 aromatic carbocycles. The van der Waals surface area contributed by atoms with Crippen LogP contribution >= 0.6 is 11.6 Å². The van der Waals surface area contributed by atoms with Gasteiger partial charge in [0.2, 0.25) is 5.95 Å². The first-order valence-corrected chi connectivity index (χ1v) is 7.00. The Labute approximate surface area is 107 Å². The fraction of sp³-hybridized carbons (Fsp3) is 0.692. The second kappa shape index (κ2) is 4.81. The Morgan fingerprint density at radius 1 is 1.06 bits per heavy atom. The molecule has 0 spiro atoms. The van der Waals surface area contributed by atoms with Gasteiger partial charge in [-0.1, -0.05) is 24.4 Å². The molecule has 1 aliphatic heterocycles. The Morgan fingerprint density at radius 3 is 2.47 bits per heavy atom. The maximum absolute atomic E-state index is 6.13. The zero-order chi connectivity index (χ0) is 11.7. The first kappa shape index (κ1) is 11.3. The molecule has 1 aromatic heterocycles. The lowest BCUT2D eigenvalue weighted by molar-refractivity contribution is 0.690. The van der Waals surface area contributed by atoms with Crippen molar-refractivity contribution in [2.45, 2.75) is 44.4 Å². The summed E-state index contributed by atoms with van der Waals surface area (Å²) in [4.78, 5) is 11.3. The van der Waals surface area contributed by atoms with E-state index in [4.69, 9.17) is 16.6 Å². The first-order chi connectivity index (χ1) is 8.33. The molecule has 2 aliphatic rings. The monoisotopic (exact) mass is 251 g/mol. The Morgan fingerprint density at radius 2 is 1.76 bits per heavy atom. The summed E-state index contributed by atoms with van der Waals surface area (Å²) in [5.41, 5.74) is 1.16. The highest BCUT2D eigenvalue weighted by Crippen LogP contribution is 2.34. The molecule has 3 nitrogen and oxygen atoms in total. The maximum atomic E-state index is 6.13. The summed E-state index contributed by atoms with van der Waals surface area (Å²) < 4.78 is 0. The molecule has 1 saturated heterocycles. The average molecular weight is 252 g/mol. The molecular weight excluding hydrogens is 234 g/mol. The van der Waals surface area contributed by atoms with E-state index in [1.807, 2.05) is 6.07 Å². The van der Waals surface area contributed by atoms with Crippen molar-refractivity contribution in [1.82, 2.24) is 9.97 Å². The predicted octanol–water partition coefficient (Wildman–Crippen LogP) is 3.39. The van der Waals surface area contributed by atoms with Crippen LogP contribution in [0.25, 0.3) is 0 Å². The predicted molar refractivity (Wildman–Crippen MR) is 69.7 cm³/mol. The van der Waals surface area contributed by atoms with Crippen LogP contribution in [0.1, 0.15) is 50.1 Å². The van der Waals surface area contributed by atoms with Crippen LogP contribution in [0.2, 0.25) is 5.15 Å². The number of rotatable bonds is 2. The summed E-state index contributed by atoms with van der Waals surface area (Å²) in [7, 11) is 0. The Kier molecular flexibility index (Phi) is 3.19. The minimum absolute atomic E-state index is 0.601. The average Bonchev–Trinajstić information content (AvgIpc) is 3.02. The van der Waals surface area contributed by atoms with E-state index in [0.29, 0.717) is 11.1 Å². The summed E-state index contributed by atoms with van der Waals surface area (Å²) in [6, 6.07) is 1.96. The van der Waals surface area contributed by atoms with E-state index in [9.17, 15) is 0 Å². The van der Waals surface area contributed by atoms with Gasteiger partial charge in [0.25, 0.3) is 0 Å². The van der Waals surface area contributed by atoms with Gasteiger partial charge in [0, 0.05) is 19.0 Å². The molecule has 0 unspecified atom stereocenters. The van der Waals surface area contributed by atoms with Gasteiger partial charge in [-0.25, -0.2) is 9.97 Å². The van der Waals surface area contributed by atoms with Crippen molar-refractivity contribution in [2.24, 2.45) is 0 Å². The molecule has 4 heteroatoms. The molecule has 0 radical (unpaired) electrons. The lowest BCUT2D eigenvalue weighted by atomic mass is 10.0. The number of nitrogens with zero attached hydrogens (tertiary/aromatic N) is 3. The van der Waals surface area contributed by atoms with Crippen molar-refractivity contribution < 1.29 is 0 Å². The Hall–Kier alpha value is -0.830. The van der Waals surface area contributed by atoms with Crippen LogP contribution in [0.15, 0.2) is 6.07 Å². The van der Waals surface area contributed by atoms with Crippen molar-refractivity contribution in [2.75, 3.05) is 18.0 Å². The van der Waals surface area contributed by atoms with Gasteiger partial charge >= 0.3 is 0 Å². The molecular formula is C13H18ClN3. The molecule has 0 N–H and O–H groups in total. The van der Waals surface area contributed by atoms with Gasteiger partial charge in [-0.15, -0.1) is 0 Å². The minimum atomic E-state index is 0.601. The summed E-state index contributed by atoms with van der Waals surface area (Å²) in [6.07, 6.45) is 7.65. The lowest BCUT2D eigenvalue weighted by Gasteiger charge is -2.17. The number of halogens is 1. The second-order valence-corrected chi connectivity index (χ2v) is 5.48. The number of hydrogen-bond donors (Lipinski definition) is 0. The molecule has 17 heavy (non-hydrogen) atoms. The van der Waals surface area contributed by atoms with E-state index in [2.05, 4.69) is 9.88 Å². The van der Waals surface area contributed by atoms with Crippen LogP contribution in [0.4, 0.5) is 5.95 Å². The molecule has 0 atom stereocenters. The molecule has 0 bridgehead atoms. The highest BCUT2D eigenvalue weighted by atomic mass is 35.5. The number of aromatic nitrogens is 2. The van der Waals surface area contributed by atoms with Crippen molar-refractivity contribution in [3.63, 3.8) is 0 Å². The number of anilines is 1. The molecule has 92 valence electrons. The van der Waals surface area contributed by atoms with Crippen molar-refractivity contribution >= 4 is 17.5 Å². The van der Waals surface area contributed by atoms with E-state index in [1.54, 1.807) is 0 Å². The summed E-state index contributed by atoms with van der Waals surface area (Å²) in [5, 5.41) is 0.601. The molecule has 1 aromatic rings. The smallest absolute Gasteiger partial charge is 0.226 e. The molecule has 2 heterocycles. The van der Waals surface area contributed by atoms with Gasteiger partial charge < -0.3 is 4.90 Å². The number of hydrogen-bond acceptors (Lipinski definition) is 3. The molecule has 1 saturated carbocycles. The normalized spacial score (nSPS) is 21.4. The van der Waals surface area contributed by atoms with Crippen LogP contribution in [0.3, 0.4) is 0 Å². The van der Waals surface area contributed by atoms with Gasteiger partial charge in [0.1, 0.15) is 5.15 Å². The third kappa shape index (κ3) is 2.39. The summed E-state index contributed by atoms with van der Waals surface area (Å²) in [6.45, 7) is 2.15. The van der Waals surface area contributed by atoms with E-state index >= 15 is 0 Å². The Bertz CT molecular complexity index is 361. The van der Waals surface area contributed by atoms with Gasteiger partial charge in [-0.05, 0) is 31.7 Å². The second-order valence-electron chi connectivity index (χ2n) is 5.09. The third-order valence-corrected chi connectivity index (χ3v) is 4.06. The fourth-order valence-corrected chi connectivity index (χ4v) is 3.10. The topological polar surface area (TPSA) is 29.0 Å². The highest BCUT2D eigenvalue weighted by Gasteiger charge is 2.22. The summed E-state index contributed by atoms with van der Waals surface area (Å²) in [5.74, 6) is 1.45. The van der Waals surface area contributed by atoms with E-state index in [-0.39, 0.29) is 0 Å². The van der Waals surface area contributed by atoms with Crippen molar-refractivity contribution in [3.05, 3.63) is 16.9 Å². The molecule has 2 fully saturated rings. The molecule has 1 aliphatic carbocycles. The minimum Gasteiger partial charge on any atom is -0.341 e. The summed E-state index contributed by atoms with van der Waals surface area (Å²) >= 11 is 6.13. The standard InChI is InChI=1S/C13H18ClN3/c14-12-9-11(10-5-1-2-6-10)15-13(16-12)17-7-3-4-8-17/h9-10H,1-8H2. The van der Waals surface area contributed by atoms with Crippen LogP contribution in [0, 0.1) is 0 Å². The Balaban J connectivity index is 1.88. The zero-order valence-electron chi connectivity index (χ0n) is 10.0. The highest BCUT2D eigenvalue weighted by molar-refractivity contribution is 6.29. The van der Waals surface area contributed by atoms with Gasteiger partial charge in [-0.3, -0.25) is 0 Å².